The Bertz CT molecular complexity index is 1210. The zero-order valence-corrected chi connectivity index (χ0v) is 17.8. The third-order valence-corrected chi connectivity index (χ3v) is 6.43. The third-order valence-electron chi connectivity index (χ3n) is 6.43. The molecule has 0 radical (unpaired) electrons. The van der Waals surface area contributed by atoms with Gasteiger partial charge in [-0.1, -0.05) is 30.3 Å². The van der Waals surface area contributed by atoms with E-state index in [-0.39, 0.29) is 12.0 Å². The number of aromatic nitrogens is 1. The molecule has 0 saturated heterocycles. The average Bonchev–Trinajstić information content (AvgIpc) is 3.42. The largest absolute Gasteiger partial charge is 0.465 e. The molecule has 0 spiro atoms. The van der Waals surface area contributed by atoms with Crippen LogP contribution in [0.15, 0.2) is 65.2 Å². The van der Waals surface area contributed by atoms with Crippen molar-refractivity contribution >= 4 is 34.3 Å². The minimum Gasteiger partial charge on any atom is -0.465 e. The monoisotopic (exact) mass is 430 g/mol. The number of ether oxygens (including phenoxy) is 1. The van der Waals surface area contributed by atoms with Crippen LogP contribution < -0.4 is 5.32 Å². The molecule has 2 aromatic heterocycles. The van der Waals surface area contributed by atoms with Gasteiger partial charge in [0.05, 0.1) is 17.6 Å². The van der Waals surface area contributed by atoms with Crippen LogP contribution in [0, 0.1) is 5.92 Å². The predicted octanol–water partition coefficient (Wildman–Crippen LogP) is 4.90. The molecule has 1 aliphatic rings. The van der Waals surface area contributed by atoms with Crippen molar-refractivity contribution in [2.24, 2.45) is 5.92 Å². The summed E-state index contributed by atoms with van der Waals surface area (Å²) in [4.78, 5) is 23.6. The van der Waals surface area contributed by atoms with E-state index in [1.807, 2.05) is 54.7 Å². The number of amides is 1. The molecular formula is C26H26N2O4. The summed E-state index contributed by atoms with van der Waals surface area (Å²) in [5, 5.41) is 5.23. The molecule has 1 fully saturated rings. The average molecular weight is 431 g/mol. The van der Waals surface area contributed by atoms with Crippen LogP contribution in [0.2, 0.25) is 0 Å². The Kier molecular flexibility index (Phi) is 5.67. The van der Waals surface area contributed by atoms with E-state index in [1.165, 1.54) is 0 Å². The van der Waals surface area contributed by atoms with Crippen LogP contribution in [-0.4, -0.2) is 29.6 Å². The van der Waals surface area contributed by atoms with Gasteiger partial charge >= 0.3 is 0 Å². The number of hydrogen-bond donors (Lipinski definition) is 1. The van der Waals surface area contributed by atoms with E-state index >= 15 is 0 Å². The molecular weight excluding hydrogens is 404 g/mol. The highest BCUT2D eigenvalue weighted by Crippen LogP contribution is 2.27. The van der Waals surface area contributed by atoms with Gasteiger partial charge in [-0.15, -0.1) is 0 Å². The Morgan fingerprint density at radius 1 is 1.06 bits per heavy atom. The van der Waals surface area contributed by atoms with Crippen LogP contribution in [0.1, 0.15) is 41.8 Å². The van der Waals surface area contributed by atoms with E-state index in [0.717, 1.165) is 53.3 Å². The molecule has 6 heteroatoms. The first-order valence-corrected chi connectivity index (χ1v) is 11.1. The van der Waals surface area contributed by atoms with Crippen molar-refractivity contribution < 1.29 is 18.7 Å². The van der Waals surface area contributed by atoms with Crippen molar-refractivity contribution in [3.05, 3.63) is 72.1 Å². The molecule has 0 bridgehead atoms. The molecule has 1 N–H and O–H groups in total. The molecule has 0 unspecified atom stereocenters. The second-order valence-corrected chi connectivity index (χ2v) is 8.52. The Morgan fingerprint density at radius 2 is 1.88 bits per heavy atom. The van der Waals surface area contributed by atoms with E-state index in [9.17, 15) is 9.59 Å². The van der Waals surface area contributed by atoms with Gasteiger partial charge in [-0.3, -0.25) is 9.59 Å². The number of nitrogens with zero attached hydrogens (tertiary/aromatic N) is 1. The summed E-state index contributed by atoms with van der Waals surface area (Å²) in [6.07, 6.45) is 5.64. The van der Waals surface area contributed by atoms with Gasteiger partial charge in [-0.25, -0.2) is 0 Å². The van der Waals surface area contributed by atoms with Gasteiger partial charge < -0.3 is 19.0 Å². The first kappa shape index (κ1) is 20.4. The molecule has 1 amide bonds. The van der Waals surface area contributed by atoms with Gasteiger partial charge in [0.2, 0.25) is 0 Å². The highest BCUT2D eigenvalue weighted by molar-refractivity contribution is 6.06. The molecule has 164 valence electrons. The normalized spacial score (nSPS) is 18.6. The van der Waals surface area contributed by atoms with Crippen molar-refractivity contribution in [3.63, 3.8) is 0 Å². The minimum absolute atomic E-state index is 0.0229. The molecule has 2 aromatic carbocycles. The van der Waals surface area contributed by atoms with E-state index < -0.39 is 0 Å². The third kappa shape index (κ3) is 4.13. The first-order valence-electron chi connectivity index (χ1n) is 11.1. The summed E-state index contributed by atoms with van der Waals surface area (Å²) in [5.74, 6) is 1.20. The lowest BCUT2D eigenvalue weighted by Crippen LogP contribution is -2.32. The van der Waals surface area contributed by atoms with Gasteiger partial charge in [-0.2, -0.15) is 0 Å². The number of carbonyl (C=O) groups excluding carboxylic acids is 2. The summed E-state index contributed by atoms with van der Waals surface area (Å²) in [5.41, 5.74) is 2.44. The van der Waals surface area contributed by atoms with Crippen LogP contribution in [-0.2, 0) is 16.1 Å². The van der Waals surface area contributed by atoms with Crippen LogP contribution >= 0.6 is 0 Å². The number of furan rings is 1. The lowest BCUT2D eigenvalue weighted by molar-refractivity contribution is -0.135. The number of rotatable bonds is 7. The number of para-hydroxylation sites is 2. The maximum Gasteiger partial charge on any atom is 0.293 e. The molecule has 1 aliphatic carbocycles. The molecule has 2 heterocycles. The van der Waals surface area contributed by atoms with Crippen molar-refractivity contribution in [1.29, 1.82) is 0 Å². The summed E-state index contributed by atoms with van der Waals surface area (Å²) >= 11 is 0. The number of nitrogens with one attached hydrogen (secondary N) is 1. The Labute approximate surface area is 186 Å². The molecule has 0 atom stereocenters. The van der Waals surface area contributed by atoms with Crippen molar-refractivity contribution in [3.8, 4) is 0 Å². The predicted molar refractivity (Wildman–Crippen MR) is 122 cm³/mol. The molecule has 4 aromatic rings. The van der Waals surface area contributed by atoms with Gasteiger partial charge in [0.1, 0.15) is 17.4 Å². The van der Waals surface area contributed by atoms with E-state index in [0.29, 0.717) is 31.0 Å². The number of fused-ring (bicyclic) bond motifs is 2. The molecule has 6 nitrogen and oxygen atoms in total. The lowest BCUT2D eigenvalue weighted by atomic mass is 9.87. The second-order valence-electron chi connectivity index (χ2n) is 8.52. The summed E-state index contributed by atoms with van der Waals surface area (Å²) in [7, 11) is 0. The summed E-state index contributed by atoms with van der Waals surface area (Å²) in [6, 6.07) is 17.9. The van der Waals surface area contributed by atoms with E-state index in [1.54, 1.807) is 0 Å². The lowest BCUT2D eigenvalue weighted by Gasteiger charge is -2.27. The number of benzene rings is 2. The van der Waals surface area contributed by atoms with Crippen molar-refractivity contribution in [1.82, 2.24) is 9.88 Å². The van der Waals surface area contributed by atoms with E-state index in [4.69, 9.17) is 9.15 Å². The molecule has 0 aliphatic heterocycles. The van der Waals surface area contributed by atoms with Crippen LogP contribution in [0.3, 0.4) is 0 Å². The fraction of sp³-hybridized carbons (Fsp3) is 0.308. The minimum atomic E-state index is -0.0635. The van der Waals surface area contributed by atoms with Crippen molar-refractivity contribution in [2.45, 2.75) is 38.3 Å². The Hall–Kier alpha value is -3.54. The molecule has 5 rings (SSSR count). The molecule has 1 saturated carbocycles. The fourth-order valence-corrected chi connectivity index (χ4v) is 4.74. The van der Waals surface area contributed by atoms with Gasteiger partial charge in [0.15, 0.2) is 0 Å². The highest BCUT2D eigenvalue weighted by Gasteiger charge is 2.23. The van der Waals surface area contributed by atoms with Crippen LogP contribution in [0.4, 0.5) is 0 Å². The zero-order chi connectivity index (χ0) is 21.9. The van der Waals surface area contributed by atoms with Crippen LogP contribution in [0.5, 0.6) is 0 Å². The maximum absolute atomic E-state index is 13.1. The van der Waals surface area contributed by atoms with Gasteiger partial charge in [-0.05, 0) is 55.9 Å². The standard InChI is InChI=1S/C26H26N2O4/c29-17-31-21-10-8-18(9-11-21)15-27-26(30)23-6-3-5-19-12-13-28(25(19)23)16-22-14-20-4-1-2-7-24(20)32-22/h1-7,12-14,17-18,21H,8-11,15-16H2,(H,27,30). The topological polar surface area (TPSA) is 73.5 Å². The SMILES string of the molecule is O=COC1CCC(CNC(=O)c2cccc3ccn(Cc4cc5ccccc5o4)c23)CC1. The fourth-order valence-electron chi connectivity index (χ4n) is 4.74. The van der Waals surface area contributed by atoms with Crippen LogP contribution in [0.25, 0.3) is 21.9 Å². The molecule has 32 heavy (non-hydrogen) atoms. The van der Waals surface area contributed by atoms with Gasteiger partial charge in [0.25, 0.3) is 12.4 Å². The number of hydrogen-bond acceptors (Lipinski definition) is 4. The Morgan fingerprint density at radius 3 is 2.69 bits per heavy atom. The smallest absolute Gasteiger partial charge is 0.293 e. The maximum atomic E-state index is 13.1. The van der Waals surface area contributed by atoms with Crippen molar-refractivity contribution in [2.75, 3.05) is 6.54 Å². The Balaban J connectivity index is 1.31. The second kappa shape index (κ2) is 8.91. The quantitative estimate of drug-likeness (QED) is 0.423. The first-order chi connectivity index (χ1) is 15.7. The summed E-state index contributed by atoms with van der Waals surface area (Å²) in [6.45, 7) is 1.73. The summed E-state index contributed by atoms with van der Waals surface area (Å²) < 4.78 is 13.1. The number of carbonyl (C=O) groups is 2. The van der Waals surface area contributed by atoms with E-state index in [2.05, 4.69) is 16.0 Å². The zero-order valence-electron chi connectivity index (χ0n) is 17.8. The highest BCUT2D eigenvalue weighted by atomic mass is 16.5. The van der Waals surface area contributed by atoms with Gasteiger partial charge in [0, 0.05) is 23.5 Å².